The molecular weight excluding hydrogens is 334 g/mol. The number of likely N-dealkylation sites (N-methyl/N-ethyl adjacent to an activating group) is 1. The van der Waals surface area contributed by atoms with Crippen molar-refractivity contribution >= 4 is 27.7 Å². The summed E-state index contributed by atoms with van der Waals surface area (Å²) in [6.07, 6.45) is 0. The van der Waals surface area contributed by atoms with Gasteiger partial charge in [0.15, 0.2) is 0 Å². The van der Waals surface area contributed by atoms with Crippen LogP contribution in [-0.4, -0.2) is 36.3 Å². The van der Waals surface area contributed by atoms with Crippen LogP contribution in [0, 0.1) is 5.92 Å². The number of halogens is 1. The Labute approximate surface area is 134 Å². The minimum atomic E-state index is -0.588. The summed E-state index contributed by atoms with van der Waals surface area (Å²) < 4.78 is 0.996. The number of carbonyl (C=O) groups is 2. The van der Waals surface area contributed by atoms with Crippen LogP contribution in [0.1, 0.15) is 19.4 Å². The fourth-order valence-corrected chi connectivity index (χ4v) is 1.93. The molecule has 0 fully saturated rings. The normalized spacial score (nSPS) is 12.1. The Kier molecular flexibility index (Phi) is 6.84. The molecule has 6 heteroatoms. The van der Waals surface area contributed by atoms with E-state index in [0.29, 0.717) is 6.54 Å². The predicted molar refractivity (Wildman–Crippen MR) is 86.4 cm³/mol. The molecule has 0 heterocycles. The van der Waals surface area contributed by atoms with Crippen molar-refractivity contribution in [2.45, 2.75) is 26.4 Å². The van der Waals surface area contributed by atoms with Crippen molar-refractivity contribution in [1.82, 2.24) is 10.2 Å². The zero-order valence-corrected chi connectivity index (χ0v) is 14.2. The molecule has 0 radical (unpaired) electrons. The third kappa shape index (κ3) is 5.85. The zero-order chi connectivity index (χ0) is 16.0. The standard InChI is InChI=1S/C15H22BrN3O2/c1-10(2)14(17)15(21)18-8-13(20)19(3)9-11-4-6-12(16)7-5-11/h4-7,10,14H,8-9,17H2,1-3H3,(H,18,21)/t14-/m0/s1. The molecule has 0 saturated heterocycles. The summed E-state index contributed by atoms with van der Waals surface area (Å²) in [4.78, 5) is 25.2. The molecule has 0 saturated carbocycles. The van der Waals surface area contributed by atoms with Crippen molar-refractivity contribution in [2.75, 3.05) is 13.6 Å². The van der Waals surface area contributed by atoms with Gasteiger partial charge in [-0.15, -0.1) is 0 Å². The SMILES string of the molecule is CC(C)[C@H](N)C(=O)NCC(=O)N(C)Cc1ccc(Br)cc1. The molecule has 0 aliphatic rings. The van der Waals surface area contributed by atoms with Crippen LogP contribution >= 0.6 is 15.9 Å². The van der Waals surface area contributed by atoms with Crippen LogP contribution in [0.15, 0.2) is 28.7 Å². The quantitative estimate of drug-likeness (QED) is 0.811. The third-order valence-corrected chi connectivity index (χ3v) is 3.72. The van der Waals surface area contributed by atoms with Crippen molar-refractivity contribution in [3.05, 3.63) is 34.3 Å². The van der Waals surface area contributed by atoms with Crippen molar-refractivity contribution in [1.29, 1.82) is 0 Å². The van der Waals surface area contributed by atoms with Gasteiger partial charge in [-0.05, 0) is 23.6 Å². The predicted octanol–water partition coefficient (Wildman–Crippen LogP) is 1.51. The molecule has 1 aromatic carbocycles. The number of rotatable bonds is 6. The lowest BCUT2D eigenvalue weighted by molar-refractivity contribution is -0.132. The van der Waals surface area contributed by atoms with Gasteiger partial charge in [0, 0.05) is 18.1 Å². The Morgan fingerprint density at radius 2 is 1.86 bits per heavy atom. The molecule has 0 bridgehead atoms. The van der Waals surface area contributed by atoms with E-state index in [4.69, 9.17) is 5.73 Å². The van der Waals surface area contributed by atoms with Gasteiger partial charge in [0.2, 0.25) is 11.8 Å². The van der Waals surface area contributed by atoms with E-state index in [9.17, 15) is 9.59 Å². The fourth-order valence-electron chi connectivity index (χ4n) is 1.67. The Balaban J connectivity index is 2.44. The van der Waals surface area contributed by atoms with Gasteiger partial charge in [-0.25, -0.2) is 0 Å². The second kappa shape index (κ2) is 8.14. The first-order valence-electron chi connectivity index (χ1n) is 6.83. The summed E-state index contributed by atoms with van der Waals surface area (Å²) in [5.74, 6) is -0.404. The summed E-state index contributed by atoms with van der Waals surface area (Å²) in [7, 11) is 1.71. The molecule has 0 aromatic heterocycles. The van der Waals surface area contributed by atoms with Gasteiger partial charge < -0.3 is 16.0 Å². The van der Waals surface area contributed by atoms with E-state index in [2.05, 4.69) is 21.2 Å². The average molecular weight is 356 g/mol. The van der Waals surface area contributed by atoms with Gasteiger partial charge in [0.25, 0.3) is 0 Å². The molecule has 116 valence electrons. The van der Waals surface area contributed by atoms with E-state index in [0.717, 1.165) is 10.0 Å². The van der Waals surface area contributed by atoms with Crippen molar-refractivity contribution in [2.24, 2.45) is 11.7 Å². The van der Waals surface area contributed by atoms with Crippen LogP contribution in [0.3, 0.4) is 0 Å². The molecule has 21 heavy (non-hydrogen) atoms. The molecule has 0 spiro atoms. The molecule has 0 aliphatic carbocycles. The van der Waals surface area contributed by atoms with Crippen molar-refractivity contribution < 1.29 is 9.59 Å². The molecule has 2 amide bonds. The van der Waals surface area contributed by atoms with Gasteiger partial charge in [-0.2, -0.15) is 0 Å². The minimum Gasteiger partial charge on any atom is -0.346 e. The smallest absolute Gasteiger partial charge is 0.242 e. The zero-order valence-electron chi connectivity index (χ0n) is 12.6. The molecule has 0 unspecified atom stereocenters. The second-order valence-electron chi connectivity index (χ2n) is 5.36. The average Bonchev–Trinajstić information content (AvgIpc) is 2.45. The lowest BCUT2D eigenvalue weighted by Gasteiger charge is -2.19. The van der Waals surface area contributed by atoms with Gasteiger partial charge >= 0.3 is 0 Å². The van der Waals surface area contributed by atoms with E-state index >= 15 is 0 Å². The Hall–Kier alpha value is -1.40. The number of hydrogen-bond acceptors (Lipinski definition) is 3. The highest BCUT2D eigenvalue weighted by Gasteiger charge is 2.18. The van der Waals surface area contributed by atoms with Gasteiger partial charge in [-0.3, -0.25) is 9.59 Å². The number of carbonyl (C=O) groups excluding carboxylic acids is 2. The minimum absolute atomic E-state index is 0.0354. The monoisotopic (exact) mass is 355 g/mol. The van der Waals surface area contributed by atoms with Gasteiger partial charge in [-0.1, -0.05) is 41.9 Å². The molecular formula is C15H22BrN3O2. The van der Waals surface area contributed by atoms with Gasteiger partial charge in [0.05, 0.1) is 12.6 Å². The first kappa shape index (κ1) is 17.7. The number of nitrogens with two attached hydrogens (primary N) is 1. The number of amides is 2. The lowest BCUT2D eigenvalue weighted by atomic mass is 10.1. The molecule has 5 nitrogen and oxygen atoms in total. The summed E-state index contributed by atoms with van der Waals surface area (Å²) in [5.41, 5.74) is 6.75. The summed E-state index contributed by atoms with van der Waals surface area (Å²) in [6, 6.07) is 7.16. The number of benzene rings is 1. The summed E-state index contributed by atoms with van der Waals surface area (Å²) in [5, 5.41) is 2.58. The topological polar surface area (TPSA) is 75.4 Å². The maximum absolute atomic E-state index is 12.0. The van der Waals surface area contributed by atoms with E-state index in [1.165, 1.54) is 0 Å². The molecule has 1 aromatic rings. The first-order valence-corrected chi connectivity index (χ1v) is 7.62. The molecule has 3 N–H and O–H groups in total. The largest absolute Gasteiger partial charge is 0.346 e. The van der Waals surface area contributed by atoms with Crippen LogP contribution in [0.2, 0.25) is 0 Å². The first-order chi connectivity index (χ1) is 9.81. The van der Waals surface area contributed by atoms with Crippen LogP contribution in [0.25, 0.3) is 0 Å². The van der Waals surface area contributed by atoms with Crippen molar-refractivity contribution in [3.8, 4) is 0 Å². The highest BCUT2D eigenvalue weighted by atomic mass is 79.9. The Morgan fingerprint density at radius 3 is 2.38 bits per heavy atom. The van der Waals surface area contributed by atoms with Crippen LogP contribution < -0.4 is 11.1 Å². The number of nitrogens with zero attached hydrogens (tertiary/aromatic N) is 1. The van der Waals surface area contributed by atoms with E-state index in [1.807, 2.05) is 38.1 Å². The highest BCUT2D eigenvalue weighted by Crippen LogP contribution is 2.11. The maximum Gasteiger partial charge on any atom is 0.242 e. The molecule has 1 atom stereocenters. The van der Waals surface area contributed by atoms with E-state index in [-0.39, 0.29) is 24.3 Å². The second-order valence-corrected chi connectivity index (χ2v) is 6.28. The van der Waals surface area contributed by atoms with E-state index in [1.54, 1.807) is 11.9 Å². The Bertz CT molecular complexity index is 488. The summed E-state index contributed by atoms with van der Waals surface area (Å²) in [6.45, 7) is 4.20. The van der Waals surface area contributed by atoms with Crippen LogP contribution in [0.4, 0.5) is 0 Å². The molecule has 1 rings (SSSR count). The van der Waals surface area contributed by atoms with Crippen LogP contribution in [0.5, 0.6) is 0 Å². The fraction of sp³-hybridized carbons (Fsp3) is 0.467. The van der Waals surface area contributed by atoms with E-state index < -0.39 is 6.04 Å². The maximum atomic E-state index is 12.0. The third-order valence-electron chi connectivity index (χ3n) is 3.19. The highest BCUT2D eigenvalue weighted by molar-refractivity contribution is 9.10. The number of nitrogens with one attached hydrogen (secondary N) is 1. The van der Waals surface area contributed by atoms with Crippen LogP contribution in [-0.2, 0) is 16.1 Å². The van der Waals surface area contributed by atoms with Gasteiger partial charge in [0.1, 0.15) is 0 Å². The molecule has 0 aliphatic heterocycles. The van der Waals surface area contributed by atoms with Crippen molar-refractivity contribution in [3.63, 3.8) is 0 Å². The lowest BCUT2D eigenvalue weighted by Crippen LogP contribution is -2.47. The Morgan fingerprint density at radius 1 is 1.29 bits per heavy atom. The summed E-state index contributed by atoms with van der Waals surface area (Å²) >= 11 is 3.37. The number of hydrogen-bond donors (Lipinski definition) is 2.